The summed E-state index contributed by atoms with van der Waals surface area (Å²) in [6.07, 6.45) is 1.52. The fraction of sp³-hybridized carbons (Fsp3) is 0.304. The zero-order valence-electron chi connectivity index (χ0n) is 16.9. The average molecular weight is 404 g/mol. The molecule has 7 heteroatoms. The Hall–Kier alpha value is -3.48. The molecular weight excluding hydrogens is 380 g/mol. The second kappa shape index (κ2) is 8.90. The third-order valence-electron chi connectivity index (χ3n) is 5.38. The van der Waals surface area contributed by atoms with Gasteiger partial charge in [-0.1, -0.05) is 53.2 Å². The molecule has 3 aromatic rings. The third kappa shape index (κ3) is 4.56. The first-order valence-corrected chi connectivity index (χ1v) is 10.1. The number of rotatable bonds is 5. The largest absolute Gasteiger partial charge is 0.343 e. The predicted molar refractivity (Wildman–Crippen MR) is 112 cm³/mol. The summed E-state index contributed by atoms with van der Waals surface area (Å²) in [5.41, 5.74) is 2.56. The minimum atomic E-state index is -0.238. The second-order valence-corrected chi connectivity index (χ2v) is 7.53. The van der Waals surface area contributed by atoms with Crippen LogP contribution in [-0.2, 0) is 4.79 Å². The predicted octanol–water partition coefficient (Wildman–Crippen LogP) is 3.18. The van der Waals surface area contributed by atoms with E-state index in [1.807, 2.05) is 49.4 Å². The van der Waals surface area contributed by atoms with Crippen LogP contribution in [-0.4, -0.2) is 46.5 Å². The van der Waals surface area contributed by atoms with Gasteiger partial charge in [0.15, 0.2) is 0 Å². The van der Waals surface area contributed by atoms with Gasteiger partial charge in [0.25, 0.3) is 5.91 Å². The Kier molecular flexibility index (Phi) is 5.88. The van der Waals surface area contributed by atoms with E-state index >= 15 is 0 Å². The Labute approximate surface area is 175 Å². The molecule has 0 saturated carbocycles. The van der Waals surface area contributed by atoms with Crippen LogP contribution < -0.4 is 5.32 Å². The molecule has 0 bridgehead atoms. The van der Waals surface area contributed by atoms with Gasteiger partial charge in [-0.15, -0.1) is 0 Å². The first-order chi connectivity index (χ1) is 14.6. The van der Waals surface area contributed by atoms with Crippen molar-refractivity contribution in [1.82, 2.24) is 20.4 Å². The van der Waals surface area contributed by atoms with E-state index < -0.39 is 0 Å². The van der Waals surface area contributed by atoms with Gasteiger partial charge in [-0.25, -0.2) is 0 Å². The highest BCUT2D eigenvalue weighted by Gasteiger charge is 2.27. The third-order valence-corrected chi connectivity index (χ3v) is 5.38. The molecule has 1 aromatic heterocycles. The molecule has 1 fully saturated rings. The van der Waals surface area contributed by atoms with Gasteiger partial charge in [0.1, 0.15) is 0 Å². The van der Waals surface area contributed by atoms with Crippen molar-refractivity contribution < 1.29 is 14.1 Å². The van der Waals surface area contributed by atoms with Crippen molar-refractivity contribution in [3.63, 3.8) is 0 Å². The Bertz CT molecular complexity index is 1010. The number of nitrogens with one attached hydrogen (secondary N) is 1. The van der Waals surface area contributed by atoms with Crippen LogP contribution in [0.3, 0.4) is 0 Å². The lowest BCUT2D eigenvalue weighted by atomic mass is 9.96. The van der Waals surface area contributed by atoms with Crippen molar-refractivity contribution in [2.75, 3.05) is 19.6 Å². The van der Waals surface area contributed by atoms with Crippen molar-refractivity contribution in [2.45, 2.75) is 25.7 Å². The number of carbonyl (C=O) groups is 2. The van der Waals surface area contributed by atoms with Crippen LogP contribution >= 0.6 is 0 Å². The fourth-order valence-electron chi connectivity index (χ4n) is 3.56. The minimum absolute atomic E-state index is 0.00388. The molecule has 2 heterocycles. The Balaban J connectivity index is 1.27. The number of aryl methyl sites for hydroxylation is 1. The first kappa shape index (κ1) is 19.8. The van der Waals surface area contributed by atoms with Crippen LogP contribution in [0.25, 0.3) is 11.4 Å². The summed E-state index contributed by atoms with van der Waals surface area (Å²) in [5, 5.41) is 6.79. The number of likely N-dealkylation sites (tertiary alicyclic amines) is 1. The maximum Gasteiger partial charge on any atom is 0.251 e. The summed E-state index contributed by atoms with van der Waals surface area (Å²) in [6.45, 7) is 3.17. The van der Waals surface area contributed by atoms with Gasteiger partial charge < -0.3 is 14.7 Å². The number of amides is 2. The van der Waals surface area contributed by atoms with Gasteiger partial charge in [-0.3, -0.25) is 9.59 Å². The van der Waals surface area contributed by atoms with E-state index in [4.69, 9.17) is 4.52 Å². The molecule has 2 aromatic carbocycles. The number of benzene rings is 2. The molecule has 0 aliphatic carbocycles. The zero-order valence-corrected chi connectivity index (χ0v) is 16.9. The quantitative estimate of drug-likeness (QED) is 0.706. The van der Waals surface area contributed by atoms with Crippen molar-refractivity contribution in [3.05, 3.63) is 71.6 Å². The molecule has 0 unspecified atom stereocenters. The van der Waals surface area contributed by atoms with E-state index in [-0.39, 0.29) is 24.3 Å². The molecule has 30 heavy (non-hydrogen) atoms. The van der Waals surface area contributed by atoms with Crippen LogP contribution in [0.1, 0.15) is 40.6 Å². The summed E-state index contributed by atoms with van der Waals surface area (Å²) in [7, 11) is 0. The van der Waals surface area contributed by atoms with Gasteiger partial charge in [0.2, 0.25) is 17.6 Å². The lowest BCUT2D eigenvalue weighted by molar-refractivity contribution is -0.131. The number of hydrogen-bond donors (Lipinski definition) is 1. The summed E-state index contributed by atoms with van der Waals surface area (Å²) < 4.78 is 5.47. The number of aromatic nitrogens is 2. The maximum atomic E-state index is 12.5. The van der Waals surface area contributed by atoms with Gasteiger partial charge in [0.05, 0.1) is 6.54 Å². The van der Waals surface area contributed by atoms with Gasteiger partial charge >= 0.3 is 0 Å². The molecule has 2 amide bonds. The lowest BCUT2D eigenvalue weighted by Gasteiger charge is -2.30. The van der Waals surface area contributed by atoms with Crippen LogP contribution in [0, 0.1) is 6.92 Å². The lowest BCUT2D eigenvalue weighted by Crippen LogP contribution is -2.43. The smallest absolute Gasteiger partial charge is 0.251 e. The summed E-state index contributed by atoms with van der Waals surface area (Å²) in [5.74, 6) is 1.03. The molecule has 4 rings (SSSR count). The second-order valence-electron chi connectivity index (χ2n) is 7.53. The van der Waals surface area contributed by atoms with E-state index in [0.717, 1.165) is 24.0 Å². The van der Waals surface area contributed by atoms with Crippen molar-refractivity contribution in [2.24, 2.45) is 0 Å². The molecular formula is C23H24N4O3. The Morgan fingerprint density at radius 3 is 2.47 bits per heavy atom. The number of piperidine rings is 1. The molecule has 1 aliphatic heterocycles. The summed E-state index contributed by atoms with van der Waals surface area (Å²) in [4.78, 5) is 31.0. The molecule has 1 saturated heterocycles. The average Bonchev–Trinajstić information content (AvgIpc) is 3.29. The summed E-state index contributed by atoms with van der Waals surface area (Å²) >= 11 is 0. The molecule has 1 N–H and O–H groups in total. The Morgan fingerprint density at radius 2 is 1.77 bits per heavy atom. The maximum absolute atomic E-state index is 12.5. The van der Waals surface area contributed by atoms with E-state index in [1.54, 1.807) is 17.0 Å². The zero-order chi connectivity index (χ0) is 20.9. The number of nitrogens with zero attached hydrogens (tertiary/aromatic N) is 3. The minimum Gasteiger partial charge on any atom is -0.343 e. The van der Waals surface area contributed by atoms with Crippen LogP contribution in [0.4, 0.5) is 0 Å². The highest BCUT2D eigenvalue weighted by atomic mass is 16.5. The van der Waals surface area contributed by atoms with Crippen LogP contribution in [0.2, 0.25) is 0 Å². The highest BCUT2D eigenvalue weighted by Crippen LogP contribution is 2.28. The van der Waals surface area contributed by atoms with Crippen LogP contribution in [0.5, 0.6) is 0 Å². The topological polar surface area (TPSA) is 88.3 Å². The van der Waals surface area contributed by atoms with Crippen LogP contribution in [0.15, 0.2) is 59.1 Å². The van der Waals surface area contributed by atoms with Crippen molar-refractivity contribution >= 4 is 11.8 Å². The van der Waals surface area contributed by atoms with Gasteiger partial charge in [0, 0.05) is 30.1 Å². The van der Waals surface area contributed by atoms with Gasteiger partial charge in [-0.05, 0) is 31.9 Å². The molecule has 0 atom stereocenters. The van der Waals surface area contributed by atoms with Crippen molar-refractivity contribution in [1.29, 1.82) is 0 Å². The molecule has 0 spiro atoms. The number of carbonyl (C=O) groups excluding carboxylic acids is 2. The van der Waals surface area contributed by atoms with E-state index in [0.29, 0.717) is 30.4 Å². The Morgan fingerprint density at radius 1 is 1.07 bits per heavy atom. The first-order valence-electron chi connectivity index (χ1n) is 10.1. The normalized spacial score (nSPS) is 14.5. The SMILES string of the molecule is Cc1ccc(C(=O)NCC(=O)N2CCC(c3nc(-c4ccccc4)no3)CC2)cc1. The highest BCUT2D eigenvalue weighted by molar-refractivity contribution is 5.96. The van der Waals surface area contributed by atoms with Crippen molar-refractivity contribution in [3.8, 4) is 11.4 Å². The van der Waals surface area contributed by atoms with E-state index in [1.165, 1.54) is 0 Å². The molecule has 1 aliphatic rings. The molecule has 7 nitrogen and oxygen atoms in total. The van der Waals surface area contributed by atoms with E-state index in [9.17, 15) is 9.59 Å². The standard InChI is InChI=1S/C23H24N4O3/c1-16-7-9-18(10-8-16)22(29)24-15-20(28)27-13-11-19(12-14-27)23-25-21(26-30-23)17-5-3-2-4-6-17/h2-10,19H,11-15H2,1H3,(H,24,29). The monoisotopic (exact) mass is 404 g/mol. The fourth-order valence-corrected chi connectivity index (χ4v) is 3.56. The molecule has 154 valence electrons. The summed E-state index contributed by atoms with van der Waals surface area (Å²) in [6, 6.07) is 17.0. The van der Waals surface area contributed by atoms with Gasteiger partial charge in [-0.2, -0.15) is 4.98 Å². The molecule has 0 radical (unpaired) electrons. The van der Waals surface area contributed by atoms with E-state index in [2.05, 4.69) is 15.5 Å². The number of hydrogen-bond acceptors (Lipinski definition) is 5.